The molecule has 1 aliphatic rings. The number of carbonyl (C=O) groups excluding carboxylic acids is 3. The molecule has 1 unspecified atom stereocenters. The van der Waals surface area contributed by atoms with Crippen LogP contribution in [-0.4, -0.2) is 41.5 Å². The van der Waals surface area contributed by atoms with Gasteiger partial charge in [0.25, 0.3) is 0 Å². The Morgan fingerprint density at radius 3 is 2.61 bits per heavy atom. The van der Waals surface area contributed by atoms with E-state index < -0.39 is 18.5 Å². The molecule has 1 N–H and O–H groups in total. The van der Waals surface area contributed by atoms with Gasteiger partial charge in [-0.05, 0) is 44.4 Å². The molecule has 0 spiro atoms. The number of hydrogen-bond acceptors (Lipinski definition) is 5. The maximum atomic E-state index is 12.7. The number of ketones is 1. The van der Waals surface area contributed by atoms with Gasteiger partial charge in [0, 0.05) is 37.0 Å². The normalized spacial score (nSPS) is 16.2. The summed E-state index contributed by atoms with van der Waals surface area (Å²) in [5, 5.41) is 2.47. The molecule has 0 saturated carbocycles. The summed E-state index contributed by atoms with van der Waals surface area (Å²) in [5.41, 5.74) is 3.03. The molecule has 31 heavy (non-hydrogen) atoms. The lowest BCUT2D eigenvalue weighted by atomic mass is 10.1. The van der Waals surface area contributed by atoms with Crippen molar-refractivity contribution in [1.82, 2.24) is 9.88 Å². The average Bonchev–Trinajstić information content (AvgIpc) is 3.35. The second kappa shape index (κ2) is 10.2. The fourth-order valence-corrected chi connectivity index (χ4v) is 3.69. The van der Waals surface area contributed by atoms with E-state index in [-0.39, 0.29) is 17.6 Å². The minimum absolute atomic E-state index is 0.0182. The SMILES string of the molecule is CC(=O)NC(=Cc1ccccc1)C(=O)OCC(=O)c1cc(C)n(CC2CCCO2)c1C. The Morgan fingerprint density at radius 2 is 1.97 bits per heavy atom. The van der Waals surface area contributed by atoms with Gasteiger partial charge in [0.15, 0.2) is 6.61 Å². The van der Waals surface area contributed by atoms with Gasteiger partial charge < -0.3 is 19.4 Å². The molecule has 2 heterocycles. The van der Waals surface area contributed by atoms with E-state index in [4.69, 9.17) is 9.47 Å². The molecule has 1 atom stereocenters. The van der Waals surface area contributed by atoms with Crippen LogP contribution in [-0.2, 0) is 25.6 Å². The van der Waals surface area contributed by atoms with Crippen LogP contribution in [0.2, 0.25) is 0 Å². The van der Waals surface area contributed by atoms with Crippen molar-refractivity contribution in [3.05, 3.63) is 64.6 Å². The predicted molar refractivity (Wildman–Crippen MR) is 116 cm³/mol. The van der Waals surface area contributed by atoms with Crippen LogP contribution in [0.5, 0.6) is 0 Å². The van der Waals surface area contributed by atoms with E-state index in [1.54, 1.807) is 12.1 Å². The van der Waals surface area contributed by atoms with Crippen molar-refractivity contribution >= 4 is 23.7 Å². The zero-order valence-corrected chi connectivity index (χ0v) is 18.1. The number of nitrogens with zero attached hydrogens (tertiary/aromatic N) is 1. The molecule has 3 rings (SSSR count). The summed E-state index contributed by atoms with van der Waals surface area (Å²) in [6.45, 7) is 6.21. The molecule has 0 bridgehead atoms. The van der Waals surface area contributed by atoms with E-state index in [2.05, 4.69) is 9.88 Å². The van der Waals surface area contributed by atoms with Crippen molar-refractivity contribution in [2.75, 3.05) is 13.2 Å². The number of aromatic nitrogens is 1. The third-order valence-corrected chi connectivity index (χ3v) is 5.26. The first-order chi connectivity index (χ1) is 14.8. The Kier molecular flexibility index (Phi) is 7.41. The topological polar surface area (TPSA) is 86.6 Å². The molecule has 1 fully saturated rings. The number of carbonyl (C=O) groups is 3. The molecule has 1 aromatic carbocycles. The van der Waals surface area contributed by atoms with Crippen molar-refractivity contribution in [3.8, 4) is 0 Å². The monoisotopic (exact) mass is 424 g/mol. The van der Waals surface area contributed by atoms with Crippen LogP contribution in [0.3, 0.4) is 0 Å². The summed E-state index contributed by atoms with van der Waals surface area (Å²) in [4.78, 5) is 36.8. The number of nitrogens with one attached hydrogen (secondary N) is 1. The zero-order chi connectivity index (χ0) is 22.4. The number of aryl methyl sites for hydroxylation is 1. The summed E-state index contributed by atoms with van der Waals surface area (Å²) >= 11 is 0. The maximum absolute atomic E-state index is 12.7. The fourth-order valence-electron chi connectivity index (χ4n) is 3.69. The van der Waals surface area contributed by atoms with Crippen molar-refractivity contribution in [2.24, 2.45) is 0 Å². The predicted octanol–water partition coefficient (Wildman–Crippen LogP) is 3.19. The van der Waals surface area contributed by atoms with E-state index in [0.717, 1.165) is 36.4 Å². The van der Waals surface area contributed by atoms with E-state index in [9.17, 15) is 14.4 Å². The highest BCUT2D eigenvalue weighted by molar-refractivity contribution is 6.02. The van der Waals surface area contributed by atoms with Crippen molar-refractivity contribution in [2.45, 2.75) is 46.3 Å². The first kappa shape index (κ1) is 22.5. The van der Waals surface area contributed by atoms with Gasteiger partial charge in [0.05, 0.1) is 6.10 Å². The van der Waals surface area contributed by atoms with E-state index in [1.165, 1.54) is 13.0 Å². The maximum Gasteiger partial charge on any atom is 0.355 e. The molecular weight excluding hydrogens is 396 g/mol. The first-order valence-corrected chi connectivity index (χ1v) is 10.4. The van der Waals surface area contributed by atoms with Gasteiger partial charge in [0.2, 0.25) is 11.7 Å². The highest BCUT2D eigenvalue weighted by atomic mass is 16.5. The standard InChI is InChI=1S/C24H28N2O5/c1-16-12-21(17(2)26(16)14-20-10-7-11-30-20)23(28)15-31-24(29)22(25-18(3)27)13-19-8-5-4-6-9-19/h4-6,8-9,12-13,20H,7,10-11,14-15H2,1-3H3,(H,25,27). The highest BCUT2D eigenvalue weighted by Gasteiger charge is 2.22. The molecule has 1 amide bonds. The number of ether oxygens (including phenoxy) is 2. The van der Waals surface area contributed by atoms with Crippen molar-refractivity contribution in [1.29, 1.82) is 0 Å². The lowest BCUT2D eigenvalue weighted by Crippen LogP contribution is -2.27. The second-order valence-corrected chi connectivity index (χ2v) is 7.68. The number of rotatable bonds is 8. The van der Waals surface area contributed by atoms with Crippen LogP contribution >= 0.6 is 0 Å². The van der Waals surface area contributed by atoms with Crippen LogP contribution < -0.4 is 5.32 Å². The third kappa shape index (κ3) is 5.92. The molecule has 1 aromatic heterocycles. The van der Waals surface area contributed by atoms with Gasteiger partial charge in [-0.25, -0.2) is 4.79 Å². The Bertz CT molecular complexity index is 985. The molecule has 0 radical (unpaired) electrons. The summed E-state index contributed by atoms with van der Waals surface area (Å²) in [7, 11) is 0. The van der Waals surface area contributed by atoms with Gasteiger partial charge in [-0.3, -0.25) is 9.59 Å². The van der Waals surface area contributed by atoms with Crippen LogP contribution in [0.25, 0.3) is 6.08 Å². The quantitative estimate of drug-likeness (QED) is 0.400. The van der Waals surface area contributed by atoms with Crippen LogP contribution in [0, 0.1) is 13.8 Å². The molecule has 1 aliphatic heterocycles. The summed E-state index contributed by atoms with van der Waals surface area (Å²) < 4.78 is 13.0. The lowest BCUT2D eigenvalue weighted by Gasteiger charge is -2.14. The molecular formula is C24H28N2O5. The van der Waals surface area contributed by atoms with Gasteiger partial charge >= 0.3 is 5.97 Å². The summed E-state index contributed by atoms with van der Waals surface area (Å²) in [6, 6.07) is 10.9. The van der Waals surface area contributed by atoms with Gasteiger partial charge in [-0.1, -0.05) is 30.3 Å². The molecule has 7 heteroatoms. The lowest BCUT2D eigenvalue weighted by molar-refractivity contribution is -0.139. The minimum atomic E-state index is -0.763. The van der Waals surface area contributed by atoms with Crippen LogP contribution in [0.1, 0.15) is 47.1 Å². The van der Waals surface area contributed by atoms with Crippen LogP contribution in [0.4, 0.5) is 0 Å². The molecule has 1 saturated heterocycles. The van der Waals surface area contributed by atoms with E-state index in [1.807, 2.05) is 38.1 Å². The summed E-state index contributed by atoms with van der Waals surface area (Å²) in [5.74, 6) is -1.45. The smallest absolute Gasteiger partial charge is 0.355 e. The van der Waals surface area contributed by atoms with Crippen molar-refractivity contribution in [3.63, 3.8) is 0 Å². The number of amides is 1. The molecule has 0 aliphatic carbocycles. The van der Waals surface area contributed by atoms with Gasteiger partial charge in [-0.15, -0.1) is 0 Å². The highest BCUT2D eigenvalue weighted by Crippen LogP contribution is 2.21. The Labute approximate surface area is 182 Å². The van der Waals surface area contributed by atoms with E-state index in [0.29, 0.717) is 12.1 Å². The largest absolute Gasteiger partial charge is 0.453 e. The van der Waals surface area contributed by atoms with Gasteiger partial charge in [0.1, 0.15) is 5.70 Å². The van der Waals surface area contributed by atoms with Crippen LogP contribution in [0.15, 0.2) is 42.1 Å². The minimum Gasteiger partial charge on any atom is -0.453 e. The third-order valence-electron chi connectivity index (χ3n) is 5.26. The Morgan fingerprint density at radius 1 is 1.23 bits per heavy atom. The summed E-state index contributed by atoms with van der Waals surface area (Å²) in [6.07, 6.45) is 3.74. The Hall–Kier alpha value is -3.19. The average molecular weight is 424 g/mol. The van der Waals surface area contributed by atoms with Gasteiger partial charge in [-0.2, -0.15) is 0 Å². The molecule has 7 nitrogen and oxygen atoms in total. The number of benzene rings is 1. The van der Waals surface area contributed by atoms with Crippen molar-refractivity contribution < 1.29 is 23.9 Å². The fraction of sp³-hybridized carbons (Fsp3) is 0.375. The first-order valence-electron chi connectivity index (χ1n) is 10.4. The Balaban J connectivity index is 1.68. The number of esters is 1. The second-order valence-electron chi connectivity index (χ2n) is 7.68. The van der Waals surface area contributed by atoms with E-state index >= 15 is 0 Å². The molecule has 164 valence electrons. The molecule has 2 aromatic rings. The number of hydrogen-bond donors (Lipinski definition) is 1. The number of Topliss-reactive ketones (excluding diaryl/α,β-unsaturated/α-hetero) is 1. The zero-order valence-electron chi connectivity index (χ0n) is 18.1.